The lowest BCUT2D eigenvalue weighted by molar-refractivity contribution is -0.124. The van der Waals surface area contributed by atoms with Gasteiger partial charge in [-0.15, -0.1) is 12.4 Å². The third-order valence-electron chi connectivity index (χ3n) is 4.27. The molecule has 1 fully saturated rings. The monoisotopic (exact) mass is 353 g/mol. The van der Waals surface area contributed by atoms with Crippen LogP contribution in [-0.4, -0.2) is 37.0 Å². The molecule has 24 heavy (non-hydrogen) atoms. The summed E-state index contributed by atoms with van der Waals surface area (Å²) in [5, 5.41) is 9.23. The summed E-state index contributed by atoms with van der Waals surface area (Å²) in [6.45, 7) is 7.59. The highest BCUT2D eigenvalue weighted by atomic mass is 35.5. The summed E-state index contributed by atoms with van der Waals surface area (Å²) in [5.74, 6) is -0.270. The van der Waals surface area contributed by atoms with Crippen molar-refractivity contribution in [2.45, 2.75) is 45.7 Å². The van der Waals surface area contributed by atoms with Crippen LogP contribution in [0.15, 0.2) is 24.3 Å². The molecule has 0 aliphatic carbocycles. The molecule has 0 aromatic heterocycles. The Hall–Kier alpha value is -1.59. The number of hydrogen-bond donors (Lipinski definition) is 3. The number of amides is 2. The minimum absolute atomic E-state index is 0. The lowest BCUT2D eigenvalue weighted by Crippen LogP contribution is -2.54. The van der Waals surface area contributed by atoms with Gasteiger partial charge in [0.2, 0.25) is 5.91 Å². The van der Waals surface area contributed by atoms with Crippen LogP contribution in [0.4, 0.5) is 0 Å². The van der Waals surface area contributed by atoms with E-state index in [0.717, 1.165) is 31.5 Å². The fraction of sp³-hybridized carbons (Fsp3) is 0.556. The zero-order chi connectivity index (χ0) is 16.8. The van der Waals surface area contributed by atoms with E-state index in [4.69, 9.17) is 0 Å². The summed E-state index contributed by atoms with van der Waals surface area (Å²) in [5.41, 5.74) is 1.52. The molecule has 2 amide bonds. The third-order valence-corrected chi connectivity index (χ3v) is 4.27. The highest BCUT2D eigenvalue weighted by molar-refractivity contribution is 5.98. The van der Waals surface area contributed by atoms with Crippen LogP contribution in [-0.2, 0) is 4.79 Å². The van der Waals surface area contributed by atoms with Crippen molar-refractivity contribution in [3.8, 4) is 0 Å². The molecule has 1 saturated heterocycles. The summed E-state index contributed by atoms with van der Waals surface area (Å²) in [4.78, 5) is 25.0. The maximum atomic E-state index is 12.6. The molecule has 6 heteroatoms. The average Bonchev–Trinajstić information content (AvgIpc) is 2.53. The van der Waals surface area contributed by atoms with E-state index in [1.54, 1.807) is 6.07 Å². The number of hydrogen-bond acceptors (Lipinski definition) is 3. The van der Waals surface area contributed by atoms with Crippen LogP contribution in [0.25, 0.3) is 0 Å². The van der Waals surface area contributed by atoms with E-state index in [-0.39, 0.29) is 36.2 Å². The van der Waals surface area contributed by atoms with Gasteiger partial charge in [0.1, 0.15) is 6.04 Å². The number of benzene rings is 1. The number of halogens is 1. The highest BCUT2D eigenvalue weighted by Crippen LogP contribution is 2.10. The number of rotatable bonds is 5. The van der Waals surface area contributed by atoms with Crippen LogP contribution < -0.4 is 16.0 Å². The van der Waals surface area contributed by atoms with Gasteiger partial charge in [0.15, 0.2) is 0 Å². The highest BCUT2D eigenvalue weighted by Gasteiger charge is 2.27. The SMILES string of the molecule is Cc1ccccc1C(=O)NC(C(=O)NC1CCCNC1)C(C)C.Cl. The van der Waals surface area contributed by atoms with E-state index in [2.05, 4.69) is 16.0 Å². The summed E-state index contributed by atoms with van der Waals surface area (Å²) in [7, 11) is 0. The van der Waals surface area contributed by atoms with Crippen molar-refractivity contribution in [2.75, 3.05) is 13.1 Å². The second-order valence-electron chi connectivity index (χ2n) is 6.56. The minimum Gasteiger partial charge on any atom is -0.350 e. The first kappa shape index (κ1) is 20.5. The quantitative estimate of drug-likeness (QED) is 0.758. The van der Waals surface area contributed by atoms with Crippen molar-refractivity contribution in [3.63, 3.8) is 0 Å². The van der Waals surface area contributed by atoms with Crippen molar-refractivity contribution in [3.05, 3.63) is 35.4 Å². The molecule has 2 unspecified atom stereocenters. The van der Waals surface area contributed by atoms with Gasteiger partial charge in [0.05, 0.1) is 0 Å². The molecule has 2 atom stereocenters. The van der Waals surface area contributed by atoms with Gasteiger partial charge in [-0.1, -0.05) is 32.0 Å². The normalized spacial score (nSPS) is 18.4. The van der Waals surface area contributed by atoms with Gasteiger partial charge in [0.25, 0.3) is 5.91 Å². The molecule has 1 aromatic rings. The molecule has 0 saturated carbocycles. The first-order valence-electron chi connectivity index (χ1n) is 8.36. The number of aryl methyl sites for hydroxylation is 1. The molecule has 3 N–H and O–H groups in total. The summed E-state index contributed by atoms with van der Waals surface area (Å²) in [6, 6.07) is 7.03. The molecule has 2 rings (SSSR count). The lowest BCUT2D eigenvalue weighted by Gasteiger charge is -2.28. The van der Waals surface area contributed by atoms with Crippen molar-refractivity contribution < 1.29 is 9.59 Å². The van der Waals surface area contributed by atoms with Gasteiger partial charge >= 0.3 is 0 Å². The summed E-state index contributed by atoms with van der Waals surface area (Å²) >= 11 is 0. The minimum atomic E-state index is -0.524. The topological polar surface area (TPSA) is 70.2 Å². The largest absolute Gasteiger partial charge is 0.350 e. The fourth-order valence-electron chi connectivity index (χ4n) is 2.85. The van der Waals surface area contributed by atoms with Crippen LogP contribution in [0.2, 0.25) is 0 Å². The van der Waals surface area contributed by atoms with Crippen LogP contribution in [0.3, 0.4) is 0 Å². The molecular weight excluding hydrogens is 326 g/mol. The number of nitrogens with one attached hydrogen (secondary N) is 3. The molecule has 1 aliphatic heterocycles. The molecule has 1 aromatic carbocycles. The van der Waals surface area contributed by atoms with Gasteiger partial charge in [-0.3, -0.25) is 9.59 Å². The molecule has 0 bridgehead atoms. The Morgan fingerprint density at radius 3 is 2.54 bits per heavy atom. The van der Waals surface area contributed by atoms with Crippen molar-refractivity contribution in [1.29, 1.82) is 0 Å². The second kappa shape index (κ2) is 9.64. The van der Waals surface area contributed by atoms with Gasteiger partial charge in [0, 0.05) is 18.2 Å². The molecule has 0 radical (unpaired) electrons. The van der Waals surface area contributed by atoms with E-state index in [0.29, 0.717) is 5.56 Å². The molecule has 1 aliphatic rings. The van der Waals surface area contributed by atoms with Gasteiger partial charge in [-0.05, 0) is 43.9 Å². The van der Waals surface area contributed by atoms with Crippen LogP contribution >= 0.6 is 12.4 Å². The Morgan fingerprint density at radius 2 is 1.96 bits per heavy atom. The average molecular weight is 354 g/mol. The summed E-state index contributed by atoms with van der Waals surface area (Å²) in [6.07, 6.45) is 2.04. The third kappa shape index (κ3) is 5.49. The standard InChI is InChI=1S/C18H27N3O2.ClH/c1-12(2)16(18(23)20-14-8-6-10-19-11-14)21-17(22)15-9-5-4-7-13(15)3;/h4-5,7,9,12,14,16,19H,6,8,10-11H2,1-3H3,(H,20,23)(H,21,22);1H. The van der Waals surface area contributed by atoms with Gasteiger partial charge in [-0.2, -0.15) is 0 Å². The van der Waals surface area contributed by atoms with E-state index in [1.165, 1.54) is 0 Å². The molecule has 0 spiro atoms. The zero-order valence-electron chi connectivity index (χ0n) is 14.6. The van der Waals surface area contributed by atoms with E-state index in [9.17, 15) is 9.59 Å². The Bertz CT molecular complexity index is 557. The fourth-order valence-corrected chi connectivity index (χ4v) is 2.85. The summed E-state index contributed by atoms with van der Waals surface area (Å²) < 4.78 is 0. The molecule has 5 nitrogen and oxygen atoms in total. The van der Waals surface area contributed by atoms with E-state index in [1.807, 2.05) is 39.0 Å². The molecular formula is C18H28ClN3O2. The molecule has 1 heterocycles. The van der Waals surface area contributed by atoms with E-state index >= 15 is 0 Å². The second-order valence-corrected chi connectivity index (χ2v) is 6.56. The predicted molar refractivity (Wildman–Crippen MR) is 98.6 cm³/mol. The Balaban J connectivity index is 0.00000288. The number of piperidine rings is 1. The molecule has 134 valence electrons. The Labute approximate surface area is 150 Å². The first-order valence-corrected chi connectivity index (χ1v) is 8.36. The maximum Gasteiger partial charge on any atom is 0.252 e. The van der Waals surface area contributed by atoms with Crippen LogP contribution in [0, 0.1) is 12.8 Å². The predicted octanol–water partition coefficient (Wildman–Crippen LogP) is 2.04. The van der Waals surface area contributed by atoms with Gasteiger partial charge < -0.3 is 16.0 Å². The van der Waals surface area contributed by atoms with E-state index < -0.39 is 6.04 Å². The number of carbonyl (C=O) groups excluding carboxylic acids is 2. The van der Waals surface area contributed by atoms with Crippen molar-refractivity contribution >= 4 is 24.2 Å². The Kier molecular flexibility index (Phi) is 8.22. The van der Waals surface area contributed by atoms with Crippen molar-refractivity contribution in [1.82, 2.24) is 16.0 Å². The van der Waals surface area contributed by atoms with Crippen LogP contribution in [0.1, 0.15) is 42.6 Å². The van der Waals surface area contributed by atoms with Crippen molar-refractivity contribution in [2.24, 2.45) is 5.92 Å². The lowest BCUT2D eigenvalue weighted by atomic mass is 10.0. The smallest absolute Gasteiger partial charge is 0.252 e. The first-order chi connectivity index (χ1) is 11.0. The zero-order valence-corrected chi connectivity index (χ0v) is 15.4. The Morgan fingerprint density at radius 1 is 1.25 bits per heavy atom. The maximum absolute atomic E-state index is 12.6. The van der Waals surface area contributed by atoms with Crippen LogP contribution in [0.5, 0.6) is 0 Å². The number of carbonyl (C=O) groups is 2. The van der Waals surface area contributed by atoms with Gasteiger partial charge in [-0.25, -0.2) is 0 Å².